The van der Waals surface area contributed by atoms with Gasteiger partial charge in [0.1, 0.15) is 6.10 Å². The van der Waals surface area contributed by atoms with Crippen LogP contribution >= 0.6 is 0 Å². The highest BCUT2D eigenvalue weighted by Crippen LogP contribution is 2.27. The van der Waals surface area contributed by atoms with Crippen LogP contribution in [0.15, 0.2) is 43.1 Å². The van der Waals surface area contributed by atoms with Crippen LogP contribution in [0.1, 0.15) is 69.5 Å². The molecule has 2 saturated heterocycles. The van der Waals surface area contributed by atoms with Gasteiger partial charge >= 0.3 is 6.01 Å². The van der Waals surface area contributed by atoms with E-state index in [1.54, 1.807) is 9.42 Å². The van der Waals surface area contributed by atoms with Crippen molar-refractivity contribution in [2.24, 2.45) is 5.92 Å². The number of amides is 2. The van der Waals surface area contributed by atoms with Crippen LogP contribution in [0, 0.1) is 5.92 Å². The number of carbonyl (C=O) groups is 2. The molecule has 224 valence electrons. The van der Waals surface area contributed by atoms with Crippen LogP contribution in [0.3, 0.4) is 0 Å². The molecule has 11 nitrogen and oxygen atoms in total. The number of piperidine rings is 2. The SMILES string of the molecule is C=CC(=O)N1CCCC(C(=O)Nc2cccc(C(C)Nc3nc(OC4CCN(C)CC4)nc4c(C(C)C)cnn34)c2)C1. The third-order valence-corrected chi connectivity index (χ3v) is 8.21. The fraction of sp³-hybridized carbons (Fsp3) is 0.516. The fourth-order valence-electron chi connectivity index (χ4n) is 5.61. The molecule has 4 heterocycles. The van der Waals surface area contributed by atoms with E-state index in [1.807, 2.05) is 37.4 Å². The summed E-state index contributed by atoms with van der Waals surface area (Å²) in [5.74, 6) is 0.316. The molecule has 5 rings (SSSR count). The Morgan fingerprint density at radius 1 is 1.12 bits per heavy atom. The average Bonchev–Trinajstić information content (AvgIpc) is 3.43. The van der Waals surface area contributed by atoms with E-state index >= 15 is 0 Å². The molecule has 42 heavy (non-hydrogen) atoms. The van der Waals surface area contributed by atoms with E-state index in [0.717, 1.165) is 55.5 Å². The van der Waals surface area contributed by atoms with Gasteiger partial charge in [-0.2, -0.15) is 19.6 Å². The van der Waals surface area contributed by atoms with E-state index in [-0.39, 0.29) is 35.8 Å². The number of anilines is 2. The van der Waals surface area contributed by atoms with Gasteiger partial charge in [0.05, 0.1) is 18.2 Å². The number of hydrogen-bond donors (Lipinski definition) is 2. The first-order valence-corrected chi connectivity index (χ1v) is 14.9. The summed E-state index contributed by atoms with van der Waals surface area (Å²) in [5, 5.41) is 11.1. The fourth-order valence-corrected chi connectivity index (χ4v) is 5.61. The molecule has 0 radical (unpaired) electrons. The van der Waals surface area contributed by atoms with E-state index in [0.29, 0.717) is 30.7 Å². The number of likely N-dealkylation sites (tertiary alicyclic amines) is 2. The minimum atomic E-state index is -0.255. The van der Waals surface area contributed by atoms with Crippen molar-refractivity contribution in [3.63, 3.8) is 0 Å². The third-order valence-electron chi connectivity index (χ3n) is 8.21. The van der Waals surface area contributed by atoms with Crippen LogP contribution in [-0.4, -0.2) is 80.5 Å². The summed E-state index contributed by atoms with van der Waals surface area (Å²) in [6.07, 6.45) is 6.63. The summed E-state index contributed by atoms with van der Waals surface area (Å²) in [6.45, 7) is 12.9. The minimum Gasteiger partial charge on any atom is -0.460 e. The maximum atomic E-state index is 13.1. The number of nitrogens with one attached hydrogen (secondary N) is 2. The first-order valence-electron chi connectivity index (χ1n) is 14.9. The Morgan fingerprint density at radius 2 is 1.90 bits per heavy atom. The van der Waals surface area contributed by atoms with Crippen LogP contribution in [0.25, 0.3) is 5.65 Å². The van der Waals surface area contributed by atoms with Gasteiger partial charge in [0.15, 0.2) is 5.65 Å². The molecule has 0 saturated carbocycles. The number of rotatable bonds is 9. The summed E-state index contributed by atoms with van der Waals surface area (Å²) in [6, 6.07) is 7.97. The van der Waals surface area contributed by atoms with Crippen LogP contribution < -0.4 is 15.4 Å². The Balaban J connectivity index is 1.32. The molecule has 11 heteroatoms. The van der Waals surface area contributed by atoms with Crippen molar-refractivity contribution in [1.82, 2.24) is 29.4 Å². The first-order chi connectivity index (χ1) is 20.2. The van der Waals surface area contributed by atoms with Crippen molar-refractivity contribution in [2.75, 3.05) is 43.9 Å². The van der Waals surface area contributed by atoms with E-state index in [1.165, 1.54) is 6.08 Å². The van der Waals surface area contributed by atoms with Crippen molar-refractivity contribution in [1.29, 1.82) is 0 Å². The lowest BCUT2D eigenvalue weighted by Gasteiger charge is -2.31. The lowest BCUT2D eigenvalue weighted by atomic mass is 9.96. The molecule has 2 aliphatic heterocycles. The van der Waals surface area contributed by atoms with Gasteiger partial charge in [0.25, 0.3) is 0 Å². The quantitative estimate of drug-likeness (QED) is 0.364. The zero-order chi connectivity index (χ0) is 29.8. The lowest BCUT2D eigenvalue weighted by molar-refractivity contribution is -0.130. The molecule has 2 unspecified atom stereocenters. The van der Waals surface area contributed by atoms with Crippen LogP contribution in [0.4, 0.5) is 11.6 Å². The maximum Gasteiger partial charge on any atom is 0.322 e. The number of carbonyl (C=O) groups excluding carboxylic acids is 2. The van der Waals surface area contributed by atoms with Crippen molar-refractivity contribution in [2.45, 2.75) is 64.5 Å². The molecule has 2 aromatic heterocycles. The Hall–Kier alpha value is -3.99. The largest absolute Gasteiger partial charge is 0.460 e. The van der Waals surface area contributed by atoms with E-state index in [2.05, 4.69) is 48.1 Å². The third kappa shape index (κ3) is 6.73. The predicted octanol–water partition coefficient (Wildman–Crippen LogP) is 4.26. The second kappa shape index (κ2) is 12.9. The summed E-state index contributed by atoms with van der Waals surface area (Å²) in [4.78, 5) is 38.6. The van der Waals surface area contributed by atoms with Gasteiger partial charge in [0, 0.05) is 37.4 Å². The molecule has 0 bridgehead atoms. The molecule has 2 fully saturated rings. The Kier molecular flexibility index (Phi) is 9.06. The smallest absolute Gasteiger partial charge is 0.322 e. The number of fused-ring (bicyclic) bond motifs is 1. The molecule has 0 aliphatic carbocycles. The molecular formula is C31H42N8O3. The molecule has 2 N–H and O–H groups in total. The molecule has 1 aromatic carbocycles. The zero-order valence-electron chi connectivity index (χ0n) is 25.0. The van der Waals surface area contributed by atoms with Crippen molar-refractivity contribution in [3.05, 3.63) is 54.2 Å². The highest BCUT2D eigenvalue weighted by Gasteiger charge is 2.28. The van der Waals surface area contributed by atoms with Crippen molar-refractivity contribution < 1.29 is 14.3 Å². The van der Waals surface area contributed by atoms with Gasteiger partial charge in [-0.15, -0.1) is 0 Å². The number of ether oxygens (including phenoxy) is 1. The first kappa shape index (κ1) is 29.5. The van der Waals surface area contributed by atoms with Gasteiger partial charge in [0.2, 0.25) is 17.8 Å². The lowest BCUT2D eigenvalue weighted by Crippen LogP contribution is -2.43. The minimum absolute atomic E-state index is 0.0748. The van der Waals surface area contributed by atoms with Gasteiger partial charge in [-0.3, -0.25) is 9.59 Å². The molecular weight excluding hydrogens is 532 g/mol. The van der Waals surface area contributed by atoms with Crippen LogP contribution in [0.5, 0.6) is 6.01 Å². The van der Waals surface area contributed by atoms with Crippen LogP contribution in [0.2, 0.25) is 0 Å². The van der Waals surface area contributed by atoms with Crippen molar-refractivity contribution >= 4 is 29.1 Å². The van der Waals surface area contributed by atoms with E-state index in [9.17, 15) is 9.59 Å². The summed E-state index contributed by atoms with van der Waals surface area (Å²) in [7, 11) is 2.12. The molecule has 2 atom stereocenters. The second-order valence-corrected chi connectivity index (χ2v) is 11.7. The monoisotopic (exact) mass is 574 g/mol. The Bertz CT molecular complexity index is 1430. The number of nitrogens with zero attached hydrogens (tertiary/aromatic N) is 6. The van der Waals surface area contributed by atoms with Gasteiger partial charge in [-0.25, -0.2) is 0 Å². The van der Waals surface area contributed by atoms with Gasteiger partial charge in [-0.05, 0) is 69.3 Å². The topological polar surface area (TPSA) is 117 Å². The normalized spacial score (nSPS) is 19.1. The van der Waals surface area contributed by atoms with E-state index < -0.39 is 0 Å². The summed E-state index contributed by atoms with van der Waals surface area (Å²) < 4.78 is 8.02. The van der Waals surface area contributed by atoms with Gasteiger partial charge < -0.3 is 25.2 Å². The number of hydrogen-bond acceptors (Lipinski definition) is 8. The molecule has 2 amide bonds. The highest BCUT2D eigenvalue weighted by atomic mass is 16.5. The van der Waals surface area contributed by atoms with Gasteiger partial charge in [-0.1, -0.05) is 32.6 Å². The number of aromatic nitrogens is 4. The Labute approximate surface area is 247 Å². The summed E-state index contributed by atoms with van der Waals surface area (Å²) >= 11 is 0. The summed E-state index contributed by atoms with van der Waals surface area (Å²) in [5.41, 5.74) is 3.44. The average molecular weight is 575 g/mol. The molecule has 3 aromatic rings. The Morgan fingerprint density at radius 3 is 2.64 bits per heavy atom. The maximum absolute atomic E-state index is 13.1. The second-order valence-electron chi connectivity index (χ2n) is 11.7. The standard InChI is InChI=1S/C31H42N8O3/c1-6-27(40)38-14-8-10-23(19-38)29(41)34-24-11-7-9-22(17-24)21(4)33-30-36-31(42-25-12-15-37(5)16-13-25)35-28-26(20(2)3)18-32-39(28)30/h6-7,9,11,17-18,20-21,23,25H,1,8,10,12-16,19H2,2-5H3,(H,34,41)(H,33,35,36). The zero-order valence-corrected chi connectivity index (χ0v) is 25.0. The van der Waals surface area contributed by atoms with Crippen molar-refractivity contribution in [3.8, 4) is 6.01 Å². The van der Waals surface area contributed by atoms with Crippen LogP contribution in [-0.2, 0) is 9.59 Å². The highest BCUT2D eigenvalue weighted by molar-refractivity contribution is 5.94. The predicted molar refractivity (Wildman–Crippen MR) is 163 cm³/mol. The molecule has 2 aliphatic rings. The number of benzene rings is 1. The van der Waals surface area contributed by atoms with E-state index in [4.69, 9.17) is 14.7 Å². The molecule has 0 spiro atoms.